The van der Waals surface area contributed by atoms with Crippen LogP contribution in [0.5, 0.6) is 5.75 Å². The maximum absolute atomic E-state index is 5.19. The van der Waals surface area contributed by atoms with E-state index in [0.29, 0.717) is 5.92 Å². The molecule has 0 heterocycles. The average Bonchev–Trinajstić information content (AvgIpc) is 2.48. The highest BCUT2D eigenvalue weighted by molar-refractivity contribution is 8.03. The van der Waals surface area contributed by atoms with Gasteiger partial charge in [-0.15, -0.1) is 0 Å². The van der Waals surface area contributed by atoms with Crippen LogP contribution in [-0.4, -0.2) is 7.11 Å². The third kappa shape index (κ3) is 4.17. The number of allylic oxidation sites excluding steroid dienone is 1. The van der Waals surface area contributed by atoms with Crippen molar-refractivity contribution in [2.24, 2.45) is 5.92 Å². The molecule has 0 aliphatic heterocycles. The zero-order valence-electron chi connectivity index (χ0n) is 12.2. The Hall–Kier alpha value is -1.67. The fourth-order valence-corrected chi connectivity index (χ4v) is 2.80. The molecule has 0 N–H and O–H groups in total. The summed E-state index contributed by atoms with van der Waals surface area (Å²) in [6.07, 6.45) is 2.25. The van der Waals surface area contributed by atoms with Crippen molar-refractivity contribution >= 4 is 17.8 Å². The van der Waals surface area contributed by atoms with Crippen LogP contribution in [0, 0.1) is 5.92 Å². The number of rotatable bonds is 5. The van der Waals surface area contributed by atoms with Crippen LogP contribution in [0.2, 0.25) is 0 Å². The minimum Gasteiger partial charge on any atom is -0.497 e. The van der Waals surface area contributed by atoms with Crippen molar-refractivity contribution in [2.75, 3.05) is 7.11 Å². The maximum atomic E-state index is 5.19. The molecule has 2 aromatic carbocycles. The number of benzene rings is 2. The van der Waals surface area contributed by atoms with E-state index in [9.17, 15) is 0 Å². The standard InChI is InChI=1S/C18H20OS/c1-14(2)18(20-17-7-5-4-6-8-17)13-15-9-11-16(19-3)12-10-15/h4-14H,1-3H3. The first-order chi connectivity index (χ1) is 9.69. The van der Waals surface area contributed by atoms with Gasteiger partial charge >= 0.3 is 0 Å². The second-order valence-corrected chi connectivity index (χ2v) is 6.04. The third-order valence-corrected chi connectivity index (χ3v) is 4.31. The quantitative estimate of drug-likeness (QED) is 0.672. The summed E-state index contributed by atoms with van der Waals surface area (Å²) in [6.45, 7) is 4.45. The van der Waals surface area contributed by atoms with E-state index in [2.05, 4.69) is 56.3 Å². The Kier molecular flexibility index (Phi) is 5.31. The minimum absolute atomic E-state index is 0.502. The van der Waals surface area contributed by atoms with E-state index in [4.69, 9.17) is 4.74 Å². The first-order valence-corrected chi connectivity index (χ1v) is 7.59. The lowest BCUT2D eigenvalue weighted by Gasteiger charge is -2.11. The summed E-state index contributed by atoms with van der Waals surface area (Å²) < 4.78 is 5.19. The molecule has 1 nitrogen and oxygen atoms in total. The van der Waals surface area contributed by atoms with Crippen LogP contribution in [0.25, 0.3) is 6.08 Å². The molecular weight excluding hydrogens is 264 g/mol. The summed E-state index contributed by atoms with van der Waals surface area (Å²) >= 11 is 1.83. The third-order valence-electron chi connectivity index (χ3n) is 2.97. The molecule has 0 saturated heterocycles. The molecule has 0 amide bonds. The Balaban J connectivity index is 2.21. The molecule has 0 unspecified atom stereocenters. The van der Waals surface area contributed by atoms with Gasteiger partial charge in [0.2, 0.25) is 0 Å². The number of hydrogen-bond acceptors (Lipinski definition) is 2. The van der Waals surface area contributed by atoms with E-state index >= 15 is 0 Å². The van der Waals surface area contributed by atoms with Crippen LogP contribution in [0.4, 0.5) is 0 Å². The largest absolute Gasteiger partial charge is 0.497 e. The van der Waals surface area contributed by atoms with E-state index in [1.165, 1.54) is 15.4 Å². The van der Waals surface area contributed by atoms with Gasteiger partial charge in [0.05, 0.1) is 7.11 Å². The Morgan fingerprint density at radius 2 is 1.65 bits per heavy atom. The Bertz CT molecular complexity index is 556. The van der Waals surface area contributed by atoms with Crippen LogP contribution in [-0.2, 0) is 0 Å². The summed E-state index contributed by atoms with van der Waals surface area (Å²) in [7, 11) is 1.69. The summed E-state index contributed by atoms with van der Waals surface area (Å²) in [6, 6.07) is 18.7. The van der Waals surface area contributed by atoms with Crippen molar-refractivity contribution in [3.8, 4) is 5.75 Å². The Labute approximate surface area is 125 Å². The lowest BCUT2D eigenvalue weighted by Crippen LogP contribution is -1.90. The van der Waals surface area contributed by atoms with Gasteiger partial charge in [-0.25, -0.2) is 0 Å². The van der Waals surface area contributed by atoms with Crippen LogP contribution in [0.3, 0.4) is 0 Å². The second-order valence-electron chi connectivity index (χ2n) is 4.89. The highest BCUT2D eigenvalue weighted by Gasteiger charge is 2.06. The minimum atomic E-state index is 0.502. The van der Waals surface area contributed by atoms with Crippen LogP contribution in [0.1, 0.15) is 19.4 Å². The van der Waals surface area contributed by atoms with Crippen molar-refractivity contribution in [3.05, 3.63) is 65.1 Å². The molecule has 2 heteroatoms. The molecule has 0 bridgehead atoms. The number of thioether (sulfide) groups is 1. The zero-order valence-corrected chi connectivity index (χ0v) is 13.0. The monoisotopic (exact) mass is 284 g/mol. The first-order valence-electron chi connectivity index (χ1n) is 6.77. The molecular formula is C18H20OS. The van der Waals surface area contributed by atoms with Crippen LogP contribution < -0.4 is 4.74 Å². The average molecular weight is 284 g/mol. The van der Waals surface area contributed by atoms with Gasteiger partial charge in [-0.1, -0.05) is 55.9 Å². The van der Waals surface area contributed by atoms with Gasteiger partial charge in [-0.3, -0.25) is 0 Å². The van der Waals surface area contributed by atoms with Gasteiger partial charge < -0.3 is 4.74 Å². The van der Waals surface area contributed by atoms with E-state index < -0.39 is 0 Å². The second kappa shape index (κ2) is 7.20. The summed E-state index contributed by atoms with van der Waals surface area (Å²) in [5, 5.41) is 0. The molecule has 0 radical (unpaired) electrons. The molecule has 0 saturated carbocycles. The van der Waals surface area contributed by atoms with Crippen LogP contribution in [0.15, 0.2) is 64.4 Å². The normalized spacial score (nSPS) is 11.7. The molecule has 0 aliphatic rings. The lowest BCUT2D eigenvalue weighted by atomic mass is 10.1. The van der Waals surface area contributed by atoms with Gasteiger partial charge in [-0.2, -0.15) is 0 Å². The molecule has 0 atom stereocenters. The topological polar surface area (TPSA) is 9.23 Å². The Morgan fingerprint density at radius 1 is 1.00 bits per heavy atom. The summed E-state index contributed by atoms with van der Waals surface area (Å²) in [5.74, 6) is 1.39. The zero-order chi connectivity index (χ0) is 14.4. The fraction of sp³-hybridized carbons (Fsp3) is 0.222. The van der Waals surface area contributed by atoms with E-state index in [1.54, 1.807) is 7.11 Å². The van der Waals surface area contributed by atoms with Gasteiger partial charge in [0.1, 0.15) is 5.75 Å². The highest BCUT2D eigenvalue weighted by Crippen LogP contribution is 2.33. The SMILES string of the molecule is COc1ccc(C=C(Sc2ccccc2)C(C)C)cc1. The summed E-state index contributed by atoms with van der Waals surface area (Å²) in [5.41, 5.74) is 1.21. The molecule has 0 spiro atoms. The van der Waals surface area contributed by atoms with Crippen molar-refractivity contribution in [3.63, 3.8) is 0 Å². The lowest BCUT2D eigenvalue weighted by molar-refractivity contribution is 0.415. The first kappa shape index (κ1) is 14.7. The van der Waals surface area contributed by atoms with E-state index in [0.717, 1.165) is 5.75 Å². The molecule has 20 heavy (non-hydrogen) atoms. The van der Waals surface area contributed by atoms with Crippen molar-refractivity contribution in [1.29, 1.82) is 0 Å². The van der Waals surface area contributed by atoms with Crippen LogP contribution >= 0.6 is 11.8 Å². The van der Waals surface area contributed by atoms with E-state index in [-0.39, 0.29) is 0 Å². The fourth-order valence-electron chi connectivity index (χ4n) is 1.80. The van der Waals surface area contributed by atoms with Gasteiger partial charge in [-0.05, 0) is 46.7 Å². The number of ether oxygens (including phenoxy) is 1. The smallest absolute Gasteiger partial charge is 0.118 e. The highest BCUT2D eigenvalue weighted by atomic mass is 32.2. The molecule has 0 fully saturated rings. The van der Waals surface area contributed by atoms with Crippen molar-refractivity contribution in [2.45, 2.75) is 18.7 Å². The Morgan fingerprint density at radius 3 is 2.20 bits per heavy atom. The molecule has 0 aliphatic carbocycles. The van der Waals surface area contributed by atoms with Gasteiger partial charge in [0.15, 0.2) is 0 Å². The van der Waals surface area contributed by atoms with Crippen molar-refractivity contribution < 1.29 is 4.74 Å². The molecule has 2 rings (SSSR count). The molecule has 0 aromatic heterocycles. The molecule has 104 valence electrons. The van der Waals surface area contributed by atoms with Gasteiger partial charge in [0, 0.05) is 4.90 Å². The van der Waals surface area contributed by atoms with E-state index in [1.807, 2.05) is 30.0 Å². The summed E-state index contributed by atoms with van der Waals surface area (Å²) in [4.78, 5) is 2.64. The predicted molar refractivity (Wildman–Crippen MR) is 88.1 cm³/mol. The number of hydrogen-bond donors (Lipinski definition) is 0. The maximum Gasteiger partial charge on any atom is 0.118 e. The predicted octanol–water partition coefficient (Wildman–Crippen LogP) is 5.48. The number of methoxy groups -OCH3 is 1. The van der Waals surface area contributed by atoms with Crippen molar-refractivity contribution in [1.82, 2.24) is 0 Å². The molecule has 2 aromatic rings. The van der Waals surface area contributed by atoms with Gasteiger partial charge in [0.25, 0.3) is 0 Å².